The number of H-pyrrole nitrogens is 1. The van der Waals surface area contributed by atoms with Crippen LogP contribution in [0.15, 0.2) is 23.4 Å². The summed E-state index contributed by atoms with van der Waals surface area (Å²) in [5, 5.41) is 0. The third kappa shape index (κ3) is 2.40. The standard InChI is InChI=1S/C10H16N4O3S/c11-7-10(15)13-3-5-14(6-4-13)18(16,17)9-1-2-12-8-9/h1-2,8,12H,3-7,11H2. The quantitative estimate of drug-likeness (QED) is 0.722. The summed E-state index contributed by atoms with van der Waals surface area (Å²) in [7, 11) is -3.44. The molecule has 100 valence electrons. The second-order valence-corrected chi connectivity index (χ2v) is 5.97. The molecule has 0 spiro atoms. The number of amides is 1. The second kappa shape index (κ2) is 5.09. The number of sulfonamides is 1. The number of carbonyl (C=O) groups is 1. The van der Waals surface area contributed by atoms with Crippen molar-refractivity contribution in [3.8, 4) is 0 Å². The molecule has 0 bridgehead atoms. The highest BCUT2D eigenvalue weighted by atomic mass is 32.2. The van der Waals surface area contributed by atoms with E-state index in [1.54, 1.807) is 11.1 Å². The molecule has 7 nitrogen and oxygen atoms in total. The summed E-state index contributed by atoms with van der Waals surface area (Å²) in [4.78, 5) is 15.9. The van der Waals surface area contributed by atoms with Gasteiger partial charge in [0.1, 0.15) is 0 Å². The molecule has 1 amide bonds. The highest BCUT2D eigenvalue weighted by molar-refractivity contribution is 7.89. The van der Waals surface area contributed by atoms with Crippen LogP contribution in [-0.4, -0.2) is 61.2 Å². The summed E-state index contributed by atoms with van der Waals surface area (Å²) in [6.07, 6.45) is 3.02. The van der Waals surface area contributed by atoms with Crippen molar-refractivity contribution in [2.75, 3.05) is 32.7 Å². The number of rotatable bonds is 3. The molecule has 0 atom stereocenters. The fourth-order valence-corrected chi connectivity index (χ4v) is 3.32. The second-order valence-electron chi connectivity index (χ2n) is 4.04. The third-order valence-corrected chi connectivity index (χ3v) is 4.87. The monoisotopic (exact) mass is 272 g/mol. The first-order valence-electron chi connectivity index (χ1n) is 5.66. The van der Waals surface area contributed by atoms with Crippen molar-refractivity contribution in [2.24, 2.45) is 5.73 Å². The molecule has 0 aromatic carbocycles. The highest BCUT2D eigenvalue weighted by Gasteiger charge is 2.29. The predicted molar refractivity (Wildman–Crippen MR) is 65.2 cm³/mol. The maximum atomic E-state index is 12.2. The fraction of sp³-hybridized carbons (Fsp3) is 0.500. The van der Waals surface area contributed by atoms with Crippen LogP contribution in [0.2, 0.25) is 0 Å². The van der Waals surface area contributed by atoms with Crippen molar-refractivity contribution in [1.29, 1.82) is 0 Å². The van der Waals surface area contributed by atoms with E-state index in [0.717, 1.165) is 0 Å². The molecular formula is C10H16N4O3S. The van der Waals surface area contributed by atoms with Gasteiger partial charge < -0.3 is 15.6 Å². The zero-order valence-corrected chi connectivity index (χ0v) is 10.7. The van der Waals surface area contributed by atoms with Gasteiger partial charge in [0.05, 0.1) is 11.4 Å². The molecule has 8 heteroatoms. The van der Waals surface area contributed by atoms with E-state index in [1.165, 1.54) is 16.6 Å². The molecule has 0 radical (unpaired) electrons. The van der Waals surface area contributed by atoms with Crippen LogP contribution in [-0.2, 0) is 14.8 Å². The molecule has 1 aliphatic heterocycles. The molecule has 1 saturated heterocycles. The maximum Gasteiger partial charge on any atom is 0.244 e. The summed E-state index contributed by atoms with van der Waals surface area (Å²) >= 11 is 0. The summed E-state index contributed by atoms with van der Waals surface area (Å²) in [6, 6.07) is 1.52. The van der Waals surface area contributed by atoms with Gasteiger partial charge in [-0.25, -0.2) is 8.42 Å². The van der Waals surface area contributed by atoms with Crippen molar-refractivity contribution in [1.82, 2.24) is 14.2 Å². The minimum Gasteiger partial charge on any atom is -0.366 e. The summed E-state index contributed by atoms with van der Waals surface area (Å²) in [5.41, 5.74) is 5.27. The molecule has 0 saturated carbocycles. The van der Waals surface area contributed by atoms with E-state index in [0.29, 0.717) is 26.2 Å². The van der Waals surface area contributed by atoms with Crippen molar-refractivity contribution >= 4 is 15.9 Å². The Morgan fingerprint density at radius 2 is 2.00 bits per heavy atom. The lowest BCUT2D eigenvalue weighted by molar-refractivity contribution is -0.130. The zero-order valence-electron chi connectivity index (χ0n) is 9.87. The van der Waals surface area contributed by atoms with Gasteiger partial charge in [-0.3, -0.25) is 4.79 Å². The lowest BCUT2D eigenvalue weighted by Crippen LogP contribution is -2.51. The number of hydrogen-bond donors (Lipinski definition) is 2. The molecule has 2 heterocycles. The largest absolute Gasteiger partial charge is 0.366 e. The van der Waals surface area contributed by atoms with E-state index in [-0.39, 0.29) is 17.3 Å². The van der Waals surface area contributed by atoms with Gasteiger partial charge >= 0.3 is 0 Å². The normalized spacial score (nSPS) is 17.9. The molecule has 1 fully saturated rings. The van der Waals surface area contributed by atoms with Crippen LogP contribution in [0.25, 0.3) is 0 Å². The molecule has 3 N–H and O–H groups in total. The van der Waals surface area contributed by atoms with Crippen LogP contribution in [0, 0.1) is 0 Å². The molecule has 18 heavy (non-hydrogen) atoms. The first-order valence-corrected chi connectivity index (χ1v) is 7.10. The van der Waals surface area contributed by atoms with E-state index >= 15 is 0 Å². The van der Waals surface area contributed by atoms with Gasteiger partial charge in [0.15, 0.2) is 0 Å². The number of nitrogens with two attached hydrogens (primary N) is 1. The number of nitrogens with one attached hydrogen (secondary N) is 1. The average molecular weight is 272 g/mol. The summed E-state index contributed by atoms with van der Waals surface area (Å²) < 4.78 is 25.7. The Morgan fingerprint density at radius 1 is 1.33 bits per heavy atom. The van der Waals surface area contributed by atoms with E-state index in [9.17, 15) is 13.2 Å². The van der Waals surface area contributed by atoms with Crippen molar-refractivity contribution in [3.05, 3.63) is 18.5 Å². The topological polar surface area (TPSA) is 99.5 Å². The maximum absolute atomic E-state index is 12.2. The Balaban J connectivity index is 2.04. The SMILES string of the molecule is NCC(=O)N1CCN(S(=O)(=O)c2cc[nH]c2)CC1. The van der Waals surface area contributed by atoms with Gasteiger partial charge in [-0.05, 0) is 6.07 Å². The molecule has 1 aliphatic rings. The van der Waals surface area contributed by atoms with E-state index < -0.39 is 10.0 Å². The van der Waals surface area contributed by atoms with Crippen LogP contribution in [0.3, 0.4) is 0 Å². The minimum absolute atomic E-state index is 0.0371. The van der Waals surface area contributed by atoms with Gasteiger partial charge in [0, 0.05) is 38.6 Å². The first kappa shape index (κ1) is 13.1. The molecule has 0 unspecified atom stereocenters. The van der Waals surface area contributed by atoms with Crippen LogP contribution in [0.1, 0.15) is 0 Å². The zero-order chi connectivity index (χ0) is 13.2. The van der Waals surface area contributed by atoms with E-state index in [4.69, 9.17) is 5.73 Å². The van der Waals surface area contributed by atoms with Crippen LogP contribution < -0.4 is 5.73 Å². The Hall–Kier alpha value is -1.38. The number of piperazine rings is 1. The number of nitrogens with zero attached hydrogens (tertiary/aromatic N) is 2. The van der Waals surface area contributed by atoms with Crippen molar-refractivity contribution in [3.63, 3.8) is 0 Å². The summed E-state index contributed by atoms with van der Waals surface area (Å²) in [6.45, 7) is 1.35. The lowest BCUT2D eigenvalue weighted by Gasteiger charge is -2.33. The number of hydrogen-bond acceptors (Lipinski definition) is 4. The van der Waals surface area contributed by atoms with Crippen LogP contribution in [0.5, 0.6) is 0 Å². The van der Waals surface area contributed by atoms with E-state index in [2.05, 4.69) is 4.98 Å². The molecule has 0 aliphatic carbocycles. The molecular weight excluding hydrogens is 256 g/mol. The van der Waals surface area contributed by atoms with Gasteiger partial charge in [-0.15, -0.1) is 0 Å². The smallest absolute Gasteiger partial charge is 0.244 e. The van der Waals surface area contributed by atoms with Gasteiger partial charge in [0.25, 0.3) is 0 Å². The minimum atomic E-state index is -3.44. The average Bonchev–Trinajstić information content (AvgIpc) is 2.92. The molecule has 1 aromatic rings. The molecule has 2 rings (SSSR count). The Labute approximate surface area is 106 Å². The number of aromatic nitrogens is 1. The highest BCUT2D eigenvalue weighted by Crippen LogP contribution is 2.16. The van der Waals surface area contributed by atoms with Crippen LogP contribution in [0.4, 0.5) is 0 Å². The number of carbonyl (C=O) groups excluding carboxylic acids is 1. The Bertz CT molecular complexity index is 503. The summed E-state index contributed by atoms with van der Waals surface area (Å²) in [5.74, 6) is -0.145. The van der Waals surface area contributed by atoms with Gasteiger partial charge in [-0.1, -0.05) is 0 Å². The Kier molecular flexibility index (Phi) is 3.69. The van der Waals surface area contributed by atoms with E-state index in [1.807, 2.05) is 0 Å². The Morgan fingerprint density at radius 3 is 2.50 bits per heavy atom. The van der Waals surface area contributed by atoms with Gasteiger partial charge in [0.2, 0.25) is 15.9 Å². The molecule has 1 aromatic heterocycles. The lowest BCUT2D eigenvalue weighted by atomic mass is 10.3. The van der Waals surface area contributed by atoms with Crippen LogP contribution >= 0.6 is 0 Å². The number of aromatic amines is 1. The predicted octanol–water partition coefficient (Wildman–Crippen LogP) is -1.19. The van der Waals surface area contributed by atoms with Gasteiger partial charge in [-0.2, -0.15) is 4.31 Å². The van der Waals surface area contributed by atoms with Crippen molar-refractivity contribution in [2.45, 2.75) is 4.90 Å². The van der Waals surface area contributed by atoms with Crippen molar-refractivity contribution < 1.29 is 13.2 Å². The first-order chi connectivity index (χ1) is 8.55. The fourth-order valence-electron chi connectivity index (χ4n) is 1.93. The third-order valence-electron chi connectivity index (χ3n) is 2.97.